The lowest BCUT2D eigenvalue weighted by Gasteiger charge is -2.44. The molecule has 0 aromatic heterocycles. The number of hydrogen-bond donors (Lipinski definition) is 1. The Labute approximate surface area is 234 Å². The number of amides is 1. The van der Waals surface area contributed by atoms with Crippen molar-refractivity contribution in [2.75, 3.05) is 7.05 Å². The number of thioether (sulfide) groups is 1. The van der Waals surface area contributed by atoms with Crippen LogP contribution >= 0.6 is 11.8 Å². The molecule has 1 N–H and O–H groups in total. The molecule has 1 fully saturated rings. The van der Waals surface area contributed by atoms with Crippen molar-refractivity contribution in [1.82, 2.24) is 5.32 Å². The van der Waals surface area contributed by atoms with Gasteiger partial charge in [0.25, 0.3) is 0 Å². The molecule has 4 rings (SSSR count). The number of esters is 1. The molecule has 0 saturated carbocycles. The lowest BCUT2D eigenvalue weighted by atomic mass is 9.99. The predicted molar refractivity (Wildman–Crippen MR) is 150 cm³/mol. The number of rotatable bonds is 12. The van der Waals surface area contributed by atoms with Gasteiger partial charge in [-0.15, -0.1) is 0 Å². The minimum Gasteiger partial charge on any atom is -0.457 e. The van der Waals surface area contributed by atoms with Crippen LogP contribution in [0.15, 0.2) is 95.9 Å². The second-order valence-corrected chi connectivity index (χ2v) is 10.5. The normalized spacial score (nSPS) is 22.7. The van der Waals surface area contributed by atoms with Crippen LogP contribution in [0.25, 0.3) is 0 Å². The van der Waals surface area contributed by atoms with Gasteiger partial charge in [0, 0.05) is 18.4 Å². The Morgan fingerprint density at radius 1 is 0.769 bits per heavy atom. The molecule has 206 valence electrons. The maximum atomic E-state index is 12.8. The average molecular weight is 550 g/mol. The smallest absolute Gasteiger partial charge is 0.306 e. The molecule has 1 saturated heterocycles. The molecule has 0 bridgehead atoms. The summed E-state index contributed by atoms with van der Waals surface area (Å²) in [6, 6.07) is 29.7. The summed E-state index contributed by atoms with van der Waals surface area (Å²) in [7, 11) is 1.54. The Balaban J connectivity index is 1.59. The third kappa shape index (κ3) is 8.66. The number of hydrogen-bond acceptors (Lipinski definition) is 7. The fourth-order valence-corrected chi connectivity index (χ4v) is 5.49. The van der Waals surface area contributed by atoms with Crippen LogP contribution in [0.1, 0.15) is 30.9 Å². The Morgan fingerprint density at radius 3 is 1.87 bits per heavy atom. The van der Waals surface area contributed by atoms with E-state index in [1.165, 1.54) is 7.05 Å². The summed E-state index contributed by atoms with van der Waals surface area (Å²) in [6.45, 7) is 2.54. The van der Waals surface area contributed by atoms with Crippen LogP contribution in [0.4, 0.5) is 0 Å². The largest absolute Gasteiger partial charge is 0.457 e. The quantitative estimate of drug-likeness (QED) is 0.314. The molecule has 5 atom stereocenters. The first kappa shape index (κ1) is 28.8. The molecule has 0 spiro atoms. The topological polar surface area (TPSA) is 83.1 Å². The Kier molecular flexibility index (Phi) is 11.0. The summed E-state index contributed by atoms with van der Waals surface area (Å²) in [5.74, 6) is -0.705. The maximum Gasteiger partial charge on any atom is 0.306 e. The van der Waals surface area contributed by atoms with Crippen LogP contribution in [0, 0.1) is 0 Å². The molecule has 7 nitrogen and oxygen atoms in total. The monoisotopic (exact) mass is 549 g/mol. The van der Waals surface area contributed by atoms with E-state index in [1.807, 2.05) is 97.9 Å². The number of carbonyl (C=O) groups is 2. The SMILES string of the molecule is CNC(=O)CCC(=O)O[C@@H]1C(C)O[C@H](Sc2ccccc2)C(OCc2ccccc2)[C@H]1OCc1ccccc1. The molecule has 8 heteroatoms. The van der Waals surface area contributed by atoms with Crippen LogP contribution in [-0.4, -0.2) is 48.8 Å². The lowest BCUT2D eigenvalue weighted by molar-refractivity contribution is -0.238. The number of carbonyl (C=O) groups excluding carboxylic acids is 2. The van der Waals surface area contributed by atoms with E-state index in [9.17, 15) is 9.59 Å². The first-order valence-electron chi connectivity index (χ1n) is 13.1. The third-order valence-corrected chi connectivity index (χ3v) is 7.55. The van der Waals surface area contributed by atoms with E-state index < -0.39 is 35.8 Å². The first-order valence-corrected chi connectivity index (χ1v) is 14.0. The zero-order valence-electron chi connectivity index (χ0n) is 22.2. The van der Waals surface area contributed by atoms with Crippen molar-refractivity contribution >= 4 is 23.6 Å². The molecular weight excluding hydrogens is 514 g/mol. The predicted octanol–water partition coefficient (Wildman–Crippen LogP) is 5.13. The summed E-state index contributed by atoms with van der Waals surface area (Å²) >= 11 is 1.55. The van der Waals surface area contributed by atoms with Crippen LogP contribution < -0.4 is 5.32 Å². The summed E-state index contributed by atoms with van der Waals surface area (Å²) in [5.41, 5.74) is 1.60. The van der Waals surface area contributed by atoms with Crippen molar-refractivity contribution in [1.29, 1.82) is 0 Å². The highest BCUT2D eigenvalue weighted by molar-refractivity contribution is 7.99. The molecule has 3 aromatic rings. The van der Waals surface area contributed by atoms with Gasteiger partial charge in [0.15, 0.2) is 6.10 Å². The van der Waals surface area contributed by atoms with Crippen LogP contribution in [0.3, 0.4) is 0 Å². The summed E-state index contributed by atoms with van der Waals surface area (Å²) in [6.07, 6.45) is -2.33. The first-order chi connectivity index (χ1) is 19.0. The fourth-order valence-electron chi connectivity index (χ4n) is 4.31. The van der Waals surface area contributed by atoms with Crippen molar-refractivity contribution in [3.63, 3.8) is 0 Å². The van der Waals surface area contributed by atoms with Crippen molar-refractivity contribution < 1.29 is 28.5 Å². The van der Waals surface area contributed by atoms with Gasteiger partial charge in [-0.05, 0) is 30.2 Å². The third-order valence-electron chi connectivity index (χ3n) is 6.40. The van der Waals surface area contributed by atoms with Crippen molar-refractivity contribution in [3.05, 3.63) is 102 Å². The second kappa shape index (κ2) is 14.8. The van der Waals surface area contributed by atoms with Gasteiger partial charge in [-0.3, -0.25) is 9.59 Å². The minimum atomic E-state index is -0.723. The van der Waals surface area contributed by atoms with Gasteiger partial charge in [0.2, 0.25) is 5.91 Å². The number of ether oxygens (including phenoxy) is 4. The van der Waals surface area contributed by atoms with Gasteiger partial charge in [-0.25, -0.2) is 0 Å². The van der Waals surface area contributed by atoms with E-state index in [-0.39, 0.29) is 18.7 Å². The molecule has 1 heterocycles. The van der Waals surface area contributed by atoms with Gasteiger partial charge in [0.05, 0.1) is 25.7 Å². The Hall–Kier alpha value is -3.17. The maximum absolute atomic E-state index is 12.8. The highest BCUT2D eigenvalue weighted by Gasteiger charge is 2.48. The van der Waals surface area contributed by atoms with E-state index in [1.54, 1.807) is 11.8 Å². The molecule has 0 radical (unpaired) electrons. The highest BCUT2D eigenvalue weighted by atomic mass is 32.2. The van der Waals surface area contributed by atoms with Gasteiger partial charge in [-0.2, -0.15) is 0 Å². The van der Waals surface area contributed by atoms with Crippen LogP contribution in [-0.2, 0) is 41.8 Å². The molecule has 1 aliphatic rings. The molecular formula is C31H35NO6S. The summed E-state index contributed by atoms with van der Waals surface area (Å²) in [4.78, 5) is 25.5. The van der Waals surface area contributed by atoms with Gasteiger partial charge < -0.3 is 24.3 Å². The standard InChI is InChI=1S/C31H35NO6S/c1-22-28(38-27(34)19-18-26(33)32-2)29(35-20-23-12-6-3-7-13-23)30(36-21-24-14-8-4-9-15-24)31(37-22)39-25-16-10-5-11-17-25/h3-17,22,28-31H,18-21H2,1-2H3,(H,32,33)/t22?,28-,29+,30?,31-/m1/s1. The van der Waals surface area contributed by atoms with Crippen molar-refractivity contribution in [3.8, 4) is 0 Å². The number of nitrogens with one attached hydrogen (secondary N) is 1. The minimum absolute atomic E-state index is 0.0357. The fraction of sp³-hybridized carbons (Fsp3) is 0.355. The molecule has 0 aliphatic carbocycles. The van der Waals surface area contributed by atoms with E-state index >= 15 is 0 Å². The van der Waals surface area contributed by atoms with E-state index in [0.29, 0.717) is 13.2 Å². The Bertz CT molecular complexity index is 1160. The van der Waals surface area contributed by atoms with E-state index in [4.69, 9.17) is 18.9 Å². The van der Waals surface area contributed by atoms with Crippen molar-refractivity contribution in [2.24, 2.45) is 0 Å². The van der Waals surface area contributed by atoms with Gasteiger partial charge >= 0.3 is 5.97 Å². The van der Waals surface area contributed by atoms with Crippen molar-refractivity contribution in [2.45, 2.75) is 67.7 Å². The molecule has 1 amide bonds. The molecule has 3 aromatic carbocycles. The molecule has 1 aliphatic heterocycles. The van der Waals surface area contributed by atoms with Crippen LogP contribution in [0.2, 0.25) is 0 Å². The lowest BCUT2D eigenvalue weighted by Crippen LogP contribution is -2.59. The summed E-state index contributed by atoms with van der Waals surface area (Å²) < 4.78 is 25.4. The second-order valence-electron chi connectivity index (χ2n) is 9.29. The molecule has 2 unspecified atom stereocenters. The zero-order chi connectivity index (χ0) is 27.5. The van der Waals surface area contributed by atoms with E-state index in [0.717, 1.165) is 16.0 Å². The van der Waals surface area contributed by atoms with E-state index in [2.05, 4.69) is 5.32 Å². The highest BCUT2D eigenvalue weighted by Crippen LogP contribution is 2.37. The Morgan fingerprint density at radius 2 is 1.31 bits per heavy atom. The number of benzene rings is 3. The zero-order valence-corrected chi connectivity index (χ0v) is 23.0. The van der Waals surface area contributed by atoms with Gasteiger partial charge in [-0.1, -0.05) is 90.6 Å². The molecule has 39 heavy (non-hydrogen) atoms. The van der Waals surface area contributed by atoms with Gasteiger partial charge in [0.1, 0.15) is 17.6 Å². The van der Waals surface area contributed by atoms with Crippen LogP contribution in [0.5, 0.6) is 0 Å². The summed E-state index contributed by atoms with van der Waals surface area (Å²) in [5, 5.41) is 2.53. The average Bonchev–Trinajstić information content (AvgIpc) is 2.97.